The van der Waals surface area contributed by atoms with E-state index in [1.54, 1.807) is 0 Å². The van der Waals surface area contributed by atoms with Crippen LogP contribution in [-0.2, 0) is 21.3 Å². The third-order valence-electron chi connectivity index (χ3n) is 1.61. The summed E-state index contributed by atoms with van der Waals surface area (Å²) in [5, 5.41) is 0. The Morgan fingerprint density at radius 1 is 1.50 bits per heavy atom. The van der Waals surface area contributed by atoms with Crippen LogP contribution in [0.25, 0.3) is 0 Å². The molecule has 0 aliphatic heterocycles. The van der Waals surface area contributed by atoms with Gasteiger partial charge in [-0.05, 0) is 34.1 Å². The van der Waals surface area contributed by atoms with Crippen LogP contribution < -0.4 is 9.44 Å². The van der Waals surface area contributed by atoms with Gasteiger partial charge in [0.25, 0.3) is 11.3 Å². The molecule has 1 unspecified atom stereocenters. The molecule has 0 heterocycles. The number of nitrogen functional groups attached to an aromatic ring is 1. The lowest BCUT2D eigenvalue weighted by Gasteiger charge is -2.18. The fourth-order valence-electron chi connectivity index (χ4n) is 1.05. The van der Waals surface area contributed by atoms with E-state index in [1.165, 1.54) is 18.2 Å². The summed E-state index contributed by atoms with van der Waals surface area (Å²) in [5.74, 6) is 0. The van der Waals surface area contributed by atoms with Crippen molar-refractivity contribution in [2.24, 2.45) is 0 Å². The molecule has 0 aromatic heterocycles. The minimum Gasteiger partial charge on any atom is -0.399 e. The average molecular weight is 329 g/mol. The van der Waals surface area contributed by atoms with Crippen LogP contribution in [0.1, 0.15) is 0 Å². The van der Waals surface area contributed by atoms with Gasteiger partial charge in [-0.1, -0.05) is 0 Å². The zero-order chi connectivity index (χ0) is 12.5. The summed E-state index contributed by atoms with van der Waals surface area (Å²) in [6.45, 7) is 0. The first-order valence-electron chi connectivity index (χ1n) is 3.90. The normalized spacial score (nSPS) is 13.4. The van der Waals surface area contributed by atoms with Gasteiger partial charge in [0.05, 0.1) is 11.9 Å². The zero-order valence-electron chi connectivity index (χ0n) is 8.12. The quantitative estimate of drug-likeness (QED) is 0.635. The average Bonchev–Trinajstić information content (AvgIpc) is 2.08. The molecule has 0 spiro atoms. The lowest BCUT2D eigenvalue weighted by Crippen LogP contribution is -2.31. The highest BCUT2D eigenvalue weighted by Crippen LogP contribution is 2.30. The van der Waals surface area contributed by atoms with Crippen LogP contribution in [0.4, 0.5) is 11.4 Å². The Balaban J connectivity index is 3.44. The van der Waals surface area contributed by atoms with Gasteiger partial charge in [-0.2, -0.15) is 3.71 Å². The lowest BCUT2D eigenvalue weighted by molar-refractivity contribution is 0.561. The highest BCUT2D eigenvalue weighted by atomic mass is 79.9. The largest absolute Gasteiger partial charge is 0.399 e. The summed E-state index contributed by atoms with van der Waals surface area (Å²) >= 11 is 0.402. The fraction of sp³-hybridized carbons (Fsp3) is 0.143. The second kappa shape index (κ2) is 4.70. The summed E-state index contributed by atoms with van der Waals surface area (Å²) in [6, 6.07) is 4.32. The first-order chi connectivity index (χ1) is 7.23. The standard InChI is InChI=1S/C7H9BrN2O4S2/c1-16(13,14)10(15(11)12)7-4-5(9)2-3-6(7)8/h2-4H,9H2,1H3,(H,11,12). The van der Waals surface area contributed by atoms with Crippen LogP contribution in [-0.4, -0.2) is 23.4 Å². The topological polar surface area (TPSA) is 101 Å². The van der Waals surface area contributed by atoms with Crippen molar-refractivity contribution in [3.8, 4) is 0 Å². The molecule has 6 nitrogen and oxygen atoms in total. The Morgan fingerprint density at radius 2 is 2.06 bits per heavy atom. The van der Waals surface area contributed by atoms with E-state index in [4.69, 9.17) is 10.3 Å². The Hall–Kier alpha value is -0.640. The van der Waals surface area contributed by atoms with Crippen molar-refractivity contribution in [2.45, 2.75) is 0 Å². The molecule has 0 aliphatic rings. The minimum absolute atomic E-state index is 0.0170. The summed E-state index contributed by atoms with van der Waals surface area (Å²) in [7, 11) is -3.86. The molecule has 1 aromatic carbocycles. The Labute approximate surface area is 104 Å². The fourth-order valence-corrected chi connectivity index (χ4v) is 3.46. The van der Waals surface area contributed by atoms with E-state index in [-0.39, 0.29) is 11.4 Å². The van der Waals surface area contributed by atoms with Crippen molar-refractivity contribution in [3.63, 3.8) is 0 Å². The van der Waals surface area contributed by atoms with Crippen LogP contribution in [0.2, 0.25) is 0 Å². The van der Waals surface area contributed by atoms with E-state index >= 15 is 0 Å². The number of halogens is 1. The van der Waals surface area contributed by atoms with Gasteiger partial charge in [0, 0.05) is 10.2 Å². The molecule has 0 aliphatic carbocycles. The lowest BCUT2D eigenvalue weighted by atomic mass is 10.3. The second-order valence-corrected chi connectivity index (χ2v) is 6.67. The SMILES string of the molecule is CS(=O)(=O)N(c1cc(N)ccc1Br)S(=O)O. The molecule has 0 radical (unpaired) electrons. The molecule has 9 heteroatoms. The summed E-state index contributed by atoms with van der Waals surface area (Å²) < 4.78 is 43.4. The molecular weight excluding hydrogens is 320 g/mol. The molecular formula is C7H9BrN2O4S2. The number of anilines is 2. The highest BCUT2D eigenvalue weighted by molar-refractivity contribution is 9.10. The first kappa shape index (κ1) is 13.4. The minimum atomic E-state index is -3.86. The van der Waals surface area contributed by atoms with Crippen molar-refractivity contribution in [1.82, 2.24) is 0 Å². The molecule has 90 valence electrons. The van der Waals surface area contributed by atoms with Gasteiger partial charge in [0.1, 0.15) is 0 Å². The maximum Gasteiger partial charge on any atom is 0.276 e. The van der Waals surface area contributed by atoms with Crippen molar-refractivity contribution in [1.29, 1.82) is 0 Å². The van der Waals surface area contributed by atoms with Crippen LogP contribution in [0.3, 0.4) is 0 Å². The van der Waals surface area contributed by atoms with E-state index in [2.05, 4.69) is 15.9 Å². The van der Waals surface area contributed by atoms with Gasteiger partial charge in [0.15, 0.2) is 0 Å². The summed E-state index contributed by atoms with van der Waals surface area (Å²) in [4.78, 5) is 0. The zero-order valence-corrected chi connectivity index (χ0v) is 11.3. The molecule has 3 N–H and O–H groups in total. The maximum absolute atomic E-state index is 11.3. The summed E-state index contributed by atoms with van der Waals surface area (Å²) in [5.41, 5.74) is 5.79. The Bertz CT molecular complexity index is 531. The van der Waals surface area contributed by atoms with E-state index in [1.807, 2.05) is 0 Å². The van der Waals surface area contributed by atoms with E-state index in [0.29, 0.717) is 8.18 Å². The van der Waals surface area contributed by atoms with Gasteiger partial charge in [-0.3, -0.25) is 4.55 Å². The first-order valence-corrected chi connectivity index (χ1v) is 7.60. The number of hydrogen-bond donors (Lipinski definition) is 2. The number of nitrogens with zero attached hydrogens (tertiary/aromatic N) is 1. The monoisotopic (exact) mass is 328 g/mol. The number of benzene rings is 1. The number of nitrogens with two attached hydrogens (primary N) is 1. The number of hydrogen-bond acceptors (Lipinski definition) is 4. The number of rotatable bonds is 3. The predicted molar refractivity (Wildman–Crippen MR) is 66.6 cm³/mol. The summed E-state index contributed by atoms with van der Waals surface area (Å²) in [6.07, 6.45) is 0.830. The van der Waals surface area contributed by atoms with Crippen LogP contribution in [0.5, 0.6) is 0 Å². The molecule has 1 rings (SSSR count). The molecule has 0 bridgehead atoms. The molecule has 0 saturated heterocycles. The van der Waals surface area contributed by atoms with Crippen molar-refractivity contribution in [2.75, 3.05) is 15.7 Å². The van der Waals surface area contributed by atoms with Gasteiger partial charge >= 0.3 is 0 Å². The van der Waals surface area contributed by atoms with E-state index in [0.717, 1.165) is 6.26 Å². The van der Waals surface area contributed by atoms with Gasteiger partial charge in [-0.25, -0.2) is 12.6 Å². The van der Waals surface area contributed by atoms with Gasteiger partial charge in [-0.15, -0.1) is 0 Å². The molecule has 1 aromatic rings. The van der Waals surface area contributed by atoms with Crippen LogP contribution in [0.15, 0.2) is 22.7 Å². The van der Waals surface area contributed by atoms with Gasteiger partial charge in [0.2, 0.25) is 10.0 Å². The smallest absolute Gasteiger partial charge is 0.276 e. The second-order valence-electron chi connectivity index (χ2n) is 2.93. The van der Waals surface area contributed by atoms with Crippen molar-refractivity contribution < 1.29 is 17.2 Å². The predicted octanol–water partition coefficient (Wildman–Crippen LogP) is 0.934. The Kier molecular flexibility index (Phi) is 3.94. The van der Waals surface area contributed by atoms with Crippen molar-refractivity contribution in [3.05, 3.63) is 22.7 Å². The van der Waals surface area contributed by atoms with Crippen LogP contribution in [0, 0.1) is 0 Å². The molecule has 0 amide bonds. The third-order valence-corrected chi connectivity index (χ3v) is 4.76. The Morgan fingerprint density at radius 3 is 2.50 bits per heavy atom. The molecule has 0 saturated carbocycles. The molecule has 16 heavy (non-hydrogen) atoms. The number of sulfonamides is 1. The molecule has 1 atom stereocenters. The van der Waals surface area contributed by atoms with Gasteiger partial charge < -0.3 is 5.73 Å². The van der Waals surface area contributed by atoms with Crippen LogP contribution >= 0.6 is 15.9 Å². The molecule has 0 fully saturated rings. The van der Waals surface area contributed by atoms with E-state index < -0.39 is 21.3 Å². The van der Waals surface area contributed by atoms with E-state index in [9.17, 15) is 12.6 Å². The maximum atomic E-state index is 11.3. The highest BCUT2D eigenvalue weighted by Gasteiger charge is 2.25. The van der Waals surface area contributed by atoms with Crippen molar-refractivity contribution >= 4 is 48.6 Å². The third kappa shape index (κ3) is 2.94.